The summed E-state index contributed by atoms with van der Waals surface area (Å²) >= 11 is 6.81. The molecule has 2 fully saturated rings. The second-order valence-electron chi connectivity index (χ2n) is 9.89. The number of ether oxygens (including phenoxy) is 1. The predicted molar refractivity (Wildman–Crippen MR) is 128 cm³/mol. The highest BCUT2D eigenvalue weighted by Crippen LogP contribution is 2.47. The molecule has 5 rings (SSSR count). The van der Waals surface area contributed by atoms with Gasteiger partial charge in [0.1, 0.15) is 40.5 Å². The van der Waals surface area contributed by atoms with Gasteiger partial charge in [-0.1, -0.05) is 17.7 Å². The molecular weight excluding hydrogens is 461 g/mol. The van der Waals surface area contributed by atoms with Crippen molar-refractivity contribution in [1.29, 1.82) is 0 Å². The third-order valence-corrected chi connectivity index (χ3v) is 7.13. The minimum Gasteiger partial charge on any atom is -0.507 e. The monoisotopic (exact) mass is 489 g/mol. The molecule has 8 nitrogen and oxygen atoms in total. The Morgan fingerprint density at radius 2 is 2.12 bits per heavy atom. The number of carbonyl (C=O) groups is 1. The molecule has 10 heteroatoms. The number of anilines is 1. The number of nitrogens with one attached hydrogen (secondary N) is 1. The molecule has 182 valence electrons. The minimum atomic E-state index is -0.653. The number of pyridine rings is 1. The van der Waals surface area contributed by atoms with E-state index in [4.69, 9.17) is 21.3 Å². The lowest BCUT2D eigenvalue weighted by molar-refractivity contribution is -0.123. The van der Waals surface area contributed by atoms with Gasteiger partial charge in [0.15, 0.2) is 0 Å². The fourth-order valence-electron chi connectivity index (χ4n) is 5.34. The molecule has 2 saturated heterocycles. The zero-order valence-electron chi connectivity index (χ0n) is 19.6. The van der Waals surface area contributed by atoms with Crippen molar-refractivity contribution in [2.45, 2.75) is 32.0 Å². The Balaban J connectivity index is 1.75. The van der Waals surface area contributed by atoms with Crippen LogP contribution in [0.25, 0.3) is 11.3 Å². The summed E-state index contributed by atoms with van der Waals surface area (Å²) in [4.78, 5) is 24.1. The third-order valence-electron chi connectivity index (χ3n) is 6.78. The number of benzene rings is 1. The van der Waals surface area contributed by atoms with Crippen LogP contribution in [0.4, 0.5) is 10.2 Å². The molecule has 1 aromatic carbocycles. The van der Waals surface area contributed by atoms with Crippen molar-refractivity contribution in [3.05, 3.63) is 34.6 Å². The van der Waals surface area contributed by atoms with Crippen LogP contribution in [-0.4, -0.2) is 83.8 Å². The molecule has 0 spiro atoms. The Hall–Kier alpha value is -2.46. The molecule has 3 aliphatic rings. The number of phenolic OH excluding ortho intramolecular Hbond substituents is 1. The molecule has 0 aliphatic carbocycles. The van der Waals surface area contributed by atoms with Crippen LogP contribution in [-0.2, 0) is 11.3 Å². The van der Waals surface area contributed by atoms with E-state index in [1.54, 1.807) is 4.90 Å². The Morgan fingerprint density at radius 3 is 2.85 bits per heavy atom. The summed E-state index contributed by atoms with van der Waals surface area (Å²) in [7, 11) is 1.91. The molecule has 2 aromatic rings. The molecule has 1 amide bonds. The maximum Gasteiger partial charge on any atom is 0.242 e. The quantitative estimate of drug-likeness (QED) is 0.670. The summed E-state index contributed by atoms with van der Waals surface area (Å²) < 4.78 is 21.2. The summed E-state index contributed by atoms with van der Waals surface area (Å²) in [6.07, 6.45) is 0. The van der Waals surface area contributed by atoms with Gasteiger partial charge in [0.2, 0.25) is 5.91 Å². The lowest BCUT2D eigenvalue weighted by Crippen LogP contribution is -2.62. The maximum absolute atomic E-state index is 14.9. The van der Waals surface area contributed by atoms with Crippen LogP contribution in [0.2, 0.25) is 5.02 Å². The van der Waals surface area contributed by atoms with E-state index in [-0.39, 0.29) is 40.5 Å². The molecule has 0 saturated carbocycles. The average molecular weight is 490 g/mol. The number of aromatic nitrogens is 1. The second kappa shape index (κ2) is 8.64. The summed E-state index contributed by atoms with van der Waals surface area (Å²) in [5, 5.41) is 14.0. The number of amides is 1. The SMILES string of the molecule is CN1CC(=O)N(c2nc(-c3c(O)cccc3F)c(Cl)c3c2CN2CCNC[C@@H]2CO3)C(C)(C)C1. The van der Waals surface area contributed by atoms with Gasteiger partial charge in [-0.05, 0) is 33.0 Å². The van der Waals surface area contributed by atoms with E-state index in [0.717, 1.165) is 19.6 Å². The van der Waals surface area contributed by atoms with Crippen molar-refractivity contribution < 1.29 is 19.0 Å². The van der Waals surface area contributed by atoms with Crippen molar-refractivity contribution in [1.82, 2.24) is 20.1 Å². The van der Waals surface area contributed by atoms with E-state index < -0.39 is 11.4 Å². The van der Waals surface area contributed by atoms with Crippen molar-refractivity contribution in [3.63, 3.8) is 0 Å². The third kappa shape index (κ3) is 3.90. The molecule has 0 unspecified atom stereocenters. The normalized spacial score (nSPS) is 23.1. The fourth-order valence-corrected chi connectivity index (χ4v) is 5.65. The van der Waals surface area contributed by atoms with E-state index >= 15 is 0 Å². The van der Waals surface area contributed by atoms with E-state index in [1.165, 1.54) is 18.2 Å². The fraction of sp³-hybridized carbons (Fsp3) is 0.500. The van der Waals surface area contributed by atoms with E-state index in [0.29, 0.717) is 36.8 Å². The number of hydrogen-bond donors (Lipinski definition) is 2. The Kier molecular flexibility index (Phi) is 5.92. The molecule has 34 heavy (non-hydrogen) atoms. The van der Waals surface area contributed by atoms with Crippen LogP contribution in [0.3, 0.4) is 0 Å². The number of piperazine rings is 2. The molecular formula is C24H29ClFN5O3. The molecule has 4 heterocycles. The summed E-state index contributed by atoms with van der Waals surface area (Å²) in [6.45, 7) is 8.17. The highest BCUT2D eigenvalue weighted by Gasteiger charge is 2.42. The van der Waals surface area contributed by atoms with Crippen molar-refractivity contribution in [2.75, 3.05) is 51.3 Å². The summed E-state index contributed by atoms with van der Waals surface area (Å²) in [5.41, 5.74) is 0.0808. The lowest BCUT2D eigenvalue weighted by Gasteiger charge is -2.46. The molecule has 2 N–H and O–H groups in total. The first-order valence-electron chi connectivity index (χ1n) is 11.5. The number of fused-ring (bicyclic) bond motifs is 2. The van der Waals surface area contributed by atoms with Crippen LogP contribution in [0.1, 0.15) is 19.4 Å². The van der Waals surface area contributed by atoms with E-state index in [9.17, 15) is 14.3 Å². The molecule has 3 aliphatic heterocycles. The largest absolute Gasteiger partial charge is 0.507 e. The van der Waals surface area contributed by atoms with Gasteiger partial charge in [0.05, 0.1) is 29.3 Å². The highest BCUT2D eigenvalue weighted by molar-refractivity contribution is 6.35. The Labute approximate surface area is 203 Å². The van der Waals surface area contributed by atoms with E-state index in [2.05, 4.69) is 10.2 Å². The maximum atomic E-state index is 14.9. The number of aromatic hydroxyl groups is 1. The van der Waals surface area contributed by atoms with Crippen LogP contribution in [0, 0.1) is 5.82 Å². The van der Waals surface area contributed by atoms with Crippen molar-refractivity contribution in [2.24, 2.45) is 0 Å². The molecule has 1 atom stereocenters. The van der Waals surface area contributed by atoms with Gasteiger partial charge >= 0.3 is 0 Å². The predicted octanol–water partition coefficient (Wildman–Crippen LogP) is 2.47. The Bertz CT molecular complexity index is 1120. The molecule has 0 radical (unpaired) electrons. The van der Waals surface area contributed by atoms with Crippen LogP contribution in [0.5, 0.6) is 11.5 Å². The zero-order valence-corrected chi connectivity index (χ0v) is 20.3. The first-order valence-corrected chi connectivity index (χ1v) is 11.8. The average Bonchev–Trinajstić information content (AvgIpc) is 2.95. The summed E-state index contributed by atoms with van der Waals surface area (Å²) in [6, 6.07) is 4.18. The van der Waals surface area contributed by atoms with E-state index in [1.807, 2.05) is 25.8 Å². The van der Waals surface area contributed by atoms with Crippen LogP contribution in [0.15, 0.2) is 18.2 Å². The smallest absolute Gasteiger partial charge is 0.242 e. The Morgan fingerprint density at radius 1 is 1.32 bits per heavy atom. The van der Waals surface area contributed by atoms with Gasteiger partial charge in [-0.3, -0.25) is 19.5 Å². The van der Waals surface area contributed by atoms with Crippen molar-refractivity contribution in [3.8, 4) is 22.8 Å². The number of nitrogens with zero attached hydrogens (tertiary/aromatic N) is 4. The number of carbonyl (C=O) groups excluding carboxylic acids is 1. The van der Waals surface area contributed by atoms with Gasteiger partial charge in [-0.25, -0.2) is 9.37 Å². The first-order chi connectivity index (χ1) is 16.2. The van der Waals surface area contributed by atoms with Crippen LogP contribution < -0.4 is 15.0 Å². The number of hydrogen-bond acceptors (Lipinski definition) is 7. The van der Waals surface area contributed by atoms with Crippen molar-refractivity contribution >= 4 is 23.3 Å². The topological polar surface area (TPSA) is 81.2 Å². The van der Waals surface area contributed by atoms with Crippen LogP contribution >= 0.6 is 11.6 Å². The van der Waals surface area contributed by atoms with Gasteiger partial charge in [-0.15, -0.1) is 0 Å². The second-order valence-corrected chi connectivity index (χ2v) is 10.3. The van der Waals surface area contributed by atoms with Gasteiger partial charge < -0.3 is 15.2 Å². The van der Waals surface area contributed by atoms with Gasteiger partial charge in [-0.2, -0.15) is 0 Å². The minimum absolute atomic E-state index is 0.0616. The summed E-state index contributed by atoms with van der Waals surface area (Å²) in [5.74, 6) is -0.250. The zero-order chi connectivity index (χ0) is 24.2. The molecule has 0 bridgehead atoms. The lowest BCUT2D eigenvalue weighted by atomic mass is 9.97. The number of rotatable bonds is 2. The van der Waals surface area contributed by atoms with Gasteiger partial charge in [0, 0.05) is 32.7 Å². The molecule has 1 aromatic heterocycles. The first kappa shape index (κ1) is 23.3. The number of phenols is 1. The number of likely N-dealkylation sites (N-methyl/N-ethyl adjacent to an activating group) is 1. The van der Waals surface area contributed by atoms with Gasteiger partial charge in [0.25, 0.3) is 0 Å². The highest BCUT2D eigenvalue weighted by atomic mass is 35.5. The number of halogens is 2. The standard InChI is InChI=1S/C24H29ClFN5O3/c1-24(2)13-29(3)11-18(33)31(24)23-15-10-30-8-7-27-9-14(30)12-34-22(15)20(25)21(28-23)19-16(26)5-4-6-17(19)32/h4-6,14,27,32H,7-13H2,1-3H3/t14-/m1/s1.